The van der Waals surface area contributed by atoms with Gasteiger partial charge in [0, 0.05) is 12.6 Å². The number of nitrogens with one attached hydrogen (secondary N) is 1. The van der Waals surface area contributed by atoms with Crippen LogP contribution in [0.15, 0.2) is 0 Å². The Bertz CT molecular complexity index is 142. The molecule has 1 atom stereocenters. The Balaban J connectivity index is 3.43. The number of rotatable bonds is 14. The topological polar surface area (TPSA) is 21.3 Å². The van der Waals surface area contributed by atoms with E-state index in [2.05, 4.69) is 26.1 Å². The second-order valence-corrected chi connectivity index (χ2v) is 5.22. The first-order chi connectivity index (χ1) is 8.85. The number of unbranched alkanes of at least 4 members (excludes halogenated alkanes) is 6. The van der Waals surface area contributed by atoms with E-state index in [9.17, 15) is 0 Å². The monoisotopic (exact) mass is 257 g/mol. The molecule has 0 heterocycles. The molecule has 0 radical (unpaired) electrons. The molecule has 0 saturated carbocycles. The van der Waals surface area contributed by atoms with Crippen LogP contribution in [0.3, 0.4) is 0 Å². The third-order valence-corrected chi connectivity index (χ3v) is 3.36. The molecule has 0 aliphatic heterocycles. The molecule has 0 aromatic rings. The van der Waals surface area contributed by atoms with Gasteiger partial charge in [0.25, 0.3) is 0 Å². The first-order valence-corrected chi connectivity index (χ1v) is 8.16. The highest BCUT2D eigenvalue weighted by Crippen LogP contribution is 2.10. The minimum atomic E-state index is 0.570. The molecule has 0 aliphatic carbocycles. The molecule has 110 valence electrons. The Morgan fingerprint density at radius 3 is 2.11 bits per heavy atom. The van der Waals surface area contributed by atoms with Gasteiger partial charge in [0.1, 0.15) is 0 Å². The molecule has 0 aliphatic rings. The Morgan fingerprint density at radius 2 is 1.50 bits per heavy atom. The SMILES string of the molecule is CCCCCCCCCC(COCC)NCCC. The van der Waals surface area contributed by atoms with E-state index in [0.29, 0.717) is 6.04 Å². The summed E-state index contributed by atoms with van der Waals surface area (Å²) in [6, 6.07) is 0.570. The maximum absolute atomic E-state index is 5.54. The van der Waals surface area contributed by atoms with Crippen molar-refractivity contribution in [3.05, 3.63) is 0 Å². The van der Waals surface area contributed by atoms with E-state index in [1.807, 2.05) is 0 Å². The second kappa shape index (κ2) is 15.0. The van der Waals surface area contributed by atoms with Gasteiger partial charge in [-0.25, -0.2) is 0 Å². The number of ether oxygens (including phenoxy) is 1. The smallest absolute Gasteiger partial charge is 0.0619 e. The molecule has 0 saturated heterocycles. The summed E-state index contributed by atoms with van der Waals surface area (Å²) in [4.78, 5) is 0. The summed E-state index contributed by atoms with van der Waals surface area (Å²) in [7, 11) is 0. The van der Waals surface area contributed by atoms with Crippen molar-refractivity contribution >= 4 is 0 Å². The Labute approximate surface area is 115 Å². The summed E-state index contributed by atoms with van der Waals surface area (Å²) in [5.41, 5.74) is 0. The summed E-state index contributed by atoms with van der Waals surface area (Å²) in [6.07, 6.45) is 12.2. The molecule has 0 spiro atoms. The molecule has 0 aromatic heterocycles. The lowest BCUT2D eigenvalue weighted by atomic mass is 10.1. The molecule has 0 aromatic carbocycles. The van der Waals surface area contributed by atoms with Crippen molar-refractivity contribution in [1.82, 2.24) is 5.32 Å². The quantitative estimate of drug-likeness (QED) is 0.462. The number of hydrogen-bond donors (Lipinski definition) is 1. The lowest BCUT2D eigenvalue weighted by Gasteiger charge is -2.18. The first-order valence-electron chi connectivity index (χ1n) is 8.16. The minimum Gasteiger partial charge on any atom is -0.380 e. The van der Waals surface area contributed by atoms with Gasteiger partial charge in [0.15, 0.2) is 0 Å². The lowest BCUT2D eigenvalue weighted by molar-refractivity contribution is 0.119. The van der Waals surface area contributed by atoms with Crippen LogP contribution in [-0.2, 0) is 4.74 Å². The van der Waals surface area contributed by atoms with Gasteiger partial charge in [-0.05, 0) is 26.3 Å². The summed E-state index contributed by atoms with van der Waals surface area (Å²) < 4.78 is 5.54. The van der Waals surface area contributed by atoms with Gasteiger partial charge in [0.2, 0.25) is 0 Å². The molecule has 0 fully saturated rings. The van der Waals surface area contributed by atoms with Gasteiger partial charge in [-0.3, -0.25) is 0 Å². The predicted molar refractivity (Wildman–Crippen MR) is 81.2 cm³/mol. The van der Waals surface area contributed by atoms with Crippen LogP contribution in [-0.4, -0.2) is 25.8 Å². The van der Waals surface area contributed by atoms with Crippen molar-refractivity contribution in [2.75, 3.05) is 19.8 Å². The van der Waals surface area contributed by atoms with Gasteiger partial charge in [-0.1, -0.05) is 58.8 Å². The van der Waals surface area contributed by atoms with E-state index < -0.39 is 0 Å². The molecular formula is C16H35NO. The highest BCUT2D eigenvalue weighted by atomic mass is 16.5. The lowest BCUT2D eigenvalue weighted by Crippen LogP contribution is -2.34. The van der Waals surface area contributed by atoms with E-state index in [1.165, 1.54) is 57.8 Å². The van der Waals surface area contributed by atoms with Crippen LogP contribution in [0.25, 0.3) is 0 Å². The maximum atomic E-state index is 5.54. The highest BCUT2D eigenvalue weighted by molar-refractivity contribution is 4.66. The molecule has 1 N–H and O–H groups in total. The van der Waals surface area contributed by atoms with Crippen LogP contribution in [0.4, 0.5) is 0 Å². The third kappa shape index (κ3) is 12.4. The fourth-order valence-corrected chi connectivity index (χ4v) is 2.20. The van der Waals surface area contributed by atoms with Gasteiger partial charge in [-0.15, -0.1) is 0 Å². The van der Waals surface area contributed by atoms with Crippen LogP contribution in [0.1, 0.15) is 78.6 Å². The van der Waals surface area contributed by atoms with Crippen LogP contribution >= 0.6 is 0 Å². The minimum absolute atomic E-state index is 0.570. The predicted octanol–water partition coefficient (Wildman–Crippen LogP) is 4.53. The standard InChI is InChI=1S/C16H35NO/c1-4-7-8-9-10-11-12-13-16(15-18-6-3)17-14-5-2/h16-17H,4-15H2,1-3H3. The van der Waals surface area contributed by atoms with Crippen molar-refractivity contribution in [3.8, 4) is 0 Å². The largest absolute Gasteiger partial charge is 0.380 e. The molecule has 1 unspecified atom stereocenters. The van der Waals surface area contributed by atoms with Crippen molar-refractivity contribution < 1.29 is 4.74 Å². The summed E-state index contributed by atoms with van der Waals surface area (Å²) >= 11 is 0. The summed E-state index contributed by atoms with van der Waals surface area (Å²) in [5.74, 6) is 0. The van der Waals surface area contributed by atoms with Gasteiger partial charge in [-0.2, -0.15) is 0 Å². The third-order valence-electron chi connectivity index (χ3n) is 3.36. The zero-order valence-corrected chi connectivity index (χ0v) is 13.0. The van der Waals surface area contributed by atoms with Crippen LogP contribution in [0, 0.1) is 0 Å². The summed E-state index contributed by atoms with van der Waals surface area (Å²) in [6.45, 7) is 9.41. The summed E-state index contributed by atoms with van der Waals surface area (Å²) in [5, 5.41) is 3.59. The molecule has 2 heteroatoms. The van der Waals surface area contributed by atoms with Gasteiger partial charge >= 0.3 is 0 Å². The Hall–Kier alpha value is -0.0800. The molecule has 0 amide bonds. The first kappa shape index (κ1) is 17.9. The normalized spacial score (nSPS) is 12.8. The fourth-order valence-electron chi connectivity index (χ4n) is 2.20. The molecule has 18 heavy (non-hydrogen) atoms. The van der Waals surface area contributed by atoms with Crippen LogP contribution in [0.2, 0.25) is 0 Å². The van der Waals surface area contributed by atoms with E-state index >= 15 is 0 Å². The zero-order chi connectivity index (χ0) is 13.5. The molecule has 2 nitrogen and oxygen atoms in total. The van der Waals surface area contributed by atoms with E-state index in [0.717, 1.165) is 19.8 Å². The maximum Gasteiger partial charge on any atom is 0.0619 e. The number of hydrogen-bond acceptors (Lipinski definition) is 2. The van der Waals surface area contributed by atoms with Gasteiger partial charge in [0.05, 0.1) is 6.61 Å². The fraction of sp³-hybridized carbons (Fsp3) is 1.00. The average Bonchev–Trinajstić information content (AvgIpc) is 2.40. The average molecular weight is 257 g/mol. The van der Waals surface area contributed by atoms with Crippen molar-refractivity contribution in [3.63, 3.8) is 0 Å². The van der Waals surface area contributed by atoms with Crippen molar-refractivity contribution in [2.45, 2.75) is 84.6 Å². The van der Waals surface area contributed by atoms with E-state index in [-0.39, 0.29) is 0 Å². The van der Waals surface area contributed by atoms with Crippen molar-refractivity contribution in [1.29, 1.82) is 0 Å². The molecule has 0 rings (SSSR count). The second-order valence-electron chi connectivity index (χ2n) is 5.22. The van der Waals surface area contributed by atoms with Crippen LogP contribution < -0.4 is 5.32 Å². The van der Waals surface area contributed by atoms with Crippen LogP contribution in [0.5, 0.6) is 0 Å². The highest BCUT2D eigenvalue weighted by Gasteiger charge is 2.06. The Kier molecular flexibility index (Phi) is 14.9. The zero-order valence-electron chi connectivity index (χ0n) is 13.0. The Morgan fingerprint density at radius 1 is 0.833 bits per heavy atom. The molecule has 0 bridgehead atoms. The van der Waals surface area contributed by atoms with Gasteiger partial charge < -0.3 is 10.1 Å². The van der Waals surface area contributed by atoms with E-state index in [4.69, 9.17) is 4.74 Å². The van der Waals surface area contributed by atoms with Crippen molar-refractivity contribution in [2.24, 2.45) is 0 Å². The molecular weight excluding hydrogens is 222 g/mol. The van der Waals surface area contributed by atoms with E-state index in [1.54, 1.807) is 0 Å².